The van der Waals surface area contributed by atoms with Gasteiger partial charge in [-0.1, -0.05) is 360 Å². The molecule has 0 fully saturated rings. The zero-order chi connectivity index (χ0) is 56.4. The van der Waals surface area contributed by atoms with Crippen LogP contribution in [0.15, 0.2) is 12.2 Å². The zero-order valence-electron chi connectivity index (χ0n) is 53.2. The molecule has 0 radical (unpaired) electrons. The highest BCUT2D eigenvalue weighted by molar-refractivity contribution is 5.76. The van der Waals surface area contributed by atoms with E-state index in [-0.39, 0.29) is 18.5 Å². The smallest absolute Gasteiger partial charge is 0.305 e. The SMILES string of the molecule is CCCCCCCCC/C=C\CCCCCCCC(=O)OCCCCCCCCCCCCCCCCCCCCCCCCCCCCCCC(=O)NC(CO)C(O)CCCCCCCCCCCCCCCCCCC. The summed E-state index contributed by atoms with van der Waals surface area (Å²) in [6, 6.07) is -0.539. The summed E-state index contributed by atoms with van der Waals surface area (Å²) in [7, 11) is 0. The lowest BCUT2D eigenvalue weighted by Gasteiger charge is -2.22. The van der Waals surface area contributed by atoms with Crippen molar-refractivity contribution >= 4 is 11.9 Å². The molecule has 0 saturated heterocycles. The first kappa shape index (κ1) is 76.6. The van der Waals surface area contributed by atoms with Gasteiger partial charge >= 0.3 is 5.97 Å². The van der Waals surface area contributed by atoms with Gasteiger partial charge in [-0.25, -0.2) is 0 Å². The summed E-state index contributed by atoms with van der Waals surface area (Å²) >= 11 is 0. The highest BCUT2D eigenvalue weighted by atomic mass is 16.5. The van der Waals surface area contributed by atoms with Gasteiger partial charge in [0.15, 0.2) is 0 Å². The maximum absolute atomic E-state index is 12.5. The standard InChI is InChI=1S/C72H141NO5/c1-3-5-7-9-11-13-15-17-19-33-36-40-44-48-52-56-60-64-70(75)69(68-74)73-71(76)65-61-57-53-49-45-41-37-34-31-29-27-25-23-21-22-24-26-28-30-32-35-39-43-47-51-55-59-63-67-78-72(77)66-62-58-54-50-46-42-38-20-18-16-14-12-10-8-6-4-2/h20,38,69-70,74-75H,3-19,21-37,39-68H2,1-2H3,(H,73,76)/b38-20-. The van der Waals surface area contributed by atoms with Crippen LogP contribution >= 0.6 is 0 Å². The minimum atomic E-state index is -0.662. The van der Waals surface area contributed by atoms with E-state index < -0.39 is 12.1 Å². The maximum Gasteiger partial charge on any atom is 0.305 e. The predicted molar refractivity (Wildman–Crippen MR) is 343 cm³/mol. The Bertz CT molecular complexity index is 1180. The van der Waals surface area contributed by atoms with Crippen LogP contribution in [0.25, 0.3) is 0 Å². The maximum atomic E-state index is 12.5. The van der Waals surface area contributed by atoms with Crippen LogP contribution in [-0.2, 0) is 14.3 Å². The van der Waals surface area contributed by atoms with Gasteiger partial charge in [-0.05, 0) is 51.4 Å². The number of unbranched alkanes of at least 4 members (excludes halogenated alkanes) is 55. The Balaban J connectivity index is 3.33. The Kier molecular flexibility index (Phi) is 66.9. The second-order valence-corrected chi connectivity index (χ2v) is 24.9. The van der Waals surface area contributed by atoms with E-state index in [0.717, 1.165) is 44.9 Å². The van der Waals surface area contributed by atoms with Crippen molar-refractivity contribution in [3.8, 4) is 0 Å². The van der Waals surface area contributed by atoms with Crippen molar-refractivity contribution in [2.45, 2.75) is 424 Å². The molecule has 0 bridgehead atoms. The summed E-state index contributed by atoms with van der Waals surface area (Å²) < 4.78 is 5.50. The first-order valence-electron chi connectivity index (χ1n) is 35.9. The van der Waals surface area contributed by atoms with Gasteiger partial charge in [0.25, 0.3) is 0 Å². The number of aliphatic hydroxyl groups excluding tert-OH is 2. The van der Waals surface area contributed by atoms with E-state index in [0.29, 0.717) is 25.9 Å². The van der Waals surface area contributed by atoms with Crippen molar-refractivity contribution in [1.29, 1.82) is 0 Å². The van der Waals surface area contributed by atoms with Gasteiger partial charge in [0.2, 0.25) is 5.91 Å². The van der Waals surface area contributed by atoms with Crippen LogP contribution in [-0.4, -0.2) is 47.4 Å². The number of carbonyl (C=O) groups is 2. The van der Waals surface area contributed by atoms with E-state index in [9.17, 15) is 19.8 Å². The molecule has 0 heterocycles. The molecule has 0 saturated carbocycles. The molecule has 0 aromatic carbocycles. The van der Waals surface area contributed by atoms with Crippen LogP contribution in [0.1, 0.15) is 412 Å². The molecule has 3 N–H and O–H groups in total. The normalized spacial score (nSPS) is 12.5. The highest BCUT2D eigenvalue weighted by Crippen LogP contribution is 2.19. The molecular weight excluding hydrogens is 959 g/mol. The first-order chi connectivity index (χ1) is 38.5. The Morgan fingerprint density at radius 3 is 0.910 bits per heavy atom. The van der Waals surface area contributed by atoms with Crippen LogP contribution in [0.2, 0.25) is 0 Å². The summed E-state index contributed by atoms with van der Waals surface area (Å²) in [5, 5.41) is 23.4. The van der Waals surface area contributed by atoms with E-state index in [2.05, 4.69) is 31.3 Å². The lowest BCUT2D eigenvalue weighted by Crippen LogP contribution is -2.45. The molecule has 0 aliphatic heterocycles. The number of carbonyl (C=O) groups excluding carboxylic acids is 2. The molecule has 0 aliphatic rings. The fourth-order valence-electron chi connectivity index (χ4n) is 11.6. The molecule has 2 unspecified atom stereocenters. The largest absolute Gasteiger partial charge is 0.466 e. The van der Waals surface area contributed by atoms with Crippen LogP contribution in [0.5, 0.6) is 0 Å². The molecule has 0 aromatic rings. The number of rotatable bonds is 68. The van der Waals surface area contributed by atoms with Gasteiger partial charge in [-0.2, -0.15) is 0 Å². The Morgan fingerprint density at radius 2 is 0.603 bits per heavy atom. The fraction of sp³-hybridized carbons (Fsp3) is 0.944. The number of nitrogens with one attached hydrogen (secondary N) is 1. The molecule has 0 rings (SSSR count). The van der Waals surface area contributed by atoms with Crippen LogP contribution in [0.4, 0.5) is 0 Å². The molecule has 1 amide bonds. The Hall–Kier alpha value is -1.40. The van der Waals surface area contributed by atoms with Gasteiger partial charge in [0, 0.05) is 12.8 Å². The molecule has 464 valence electrons. The van der Waals surface area contributed by atoms with Crippen LogP contribution in [0, 0.1) is 0 Å². The number of hydrogen-bond donors (Lipinski definition) is 3. The second-order valence-electron chi connectivity index (χ2n) is 24.9. The lowest BCUT2D eigenvalue weighted by molar-refractivity contribution is -0.143. The third-order valence-electron chi connectivity index (χ3n) is 17.1. The number of esters is 1. The molecule has 2 atom stereocenters. The molecule has 0 aliphatic carbocycles. The predicted octanol–water partition coefficient (Wildman–Crippen LogP) is 23.1. The van der Waals surface area contributed by atoms with Crippen LogP contribution < -0.4 is 5.32 Å². The summed E-state index contributed by atoms with van der Waals surface area (Å²) in [4.78, 5) is 24.6. The molecule has 0 aromatic heterocycles. The monoisotopic (exact) mass is 1100 g/mol. The quantitative estimate of drug-likeness (QED) is 0.0320. The summed E-state index contributed by atoms with van der Waals surface area (Å²) in [5.41, 5.74) is 0. The van der Waals surface area contributed by atoms with Gasteiger partial charge in [-0.3, -0.25) is 9.59 Å². The van der Waals surface area contributed by atoms with Crippen molar-refractivity contribution in [3.63, 3.8) is 0 Å². The summed E-state index contributed by atoms with van der Waals surface area (Å²) in [5.74, 6) is -0.0153. The zero-order valence-corrected chi connectivity index (χ0v) is 53.2. The third kappa shape index (κ3) is 63.8. The third-order valence-corrected chi connectivity index (χ3v) is 17.1. The number of allylic oxidation sites excluding steroid dienone is 2. The molecule has 6 nitrogen and oxygen atoms in total. The average Bonchev–Trinajstić information content (AvgIpc) is 3.44. The van der Waals surface area contributed by atoms with E-state index in [1.54, 1.807) is 0 Å². The molecule has 0 spiro atoms. The van der Waals surface area contributed by atoms with Crippen molar-refractivity contribution in [3.05, 3.63) is 12.2 Å². The minimum absolute atomic E-state index is 0.0125. The number of ether oxygens (including phenoxy) is 1. The summed E-state index contributed by atoms with van der Waals surface area (Å²) in [6.07, 6.45) is 84.1. The van der Waals surface area contributed by atoms with Crippen molar-refractivity contribution in [1.82, 2.24) is 5.32 Å². The average molecular weight is 1100 g/mol. The van der Waals surface area contributed by atoms with Crippen molar-refractivity contribution in [2.75, 3.05) is 13.2 Å². The first-order valence-corrected chi connectivity index (χ1v) is 35.9. The van der Waals surface area contributed by atoms with Gasteiger partial charge in [-0.15, -0.1) is 0 Å². The van der Waals surface area contributed by atoms with Crippen molar-refractivity contribution < 1.29 is 24.5 Å². The Morgan fingerprint density at radius 1 is 0.346 bits per heavy atom. The summed E-state index contributed by atoms with van der Waals surface area (Å²) in [6.45, 7) is 4.99. The number of amides is 1. The van der Waals surface area contributed by atoms with Gasteiger partial charge in [0.05, 0.1) is 25.4 Å². The van der Waals surface area contributed by atoms with E-state index >= 15 is 0 Å². The topological polar surface area (TPSA) is 95.9 Å². The number of hydrogen-bond acceptors (Lipinski definition) is 5. The van der Waals surface area contributed by atoms with Gasteiger partial charge < -0.3 is 20.3 Å². The minimum Gasteiger partial charge on any atom is -0.466 e. The van der Waals surface area contributed by atoms with E-state index in [1.807, 2.05) is 0 Å². The second kappa shape index (κ2) is 68.1. The van der Waals surface area contributed by atoms with Crippen LogP contribution in [0.3, 0.4) is 0 Å². The lowest BCUT2D eigenvalue weighted by atomic mass is 10.0. The number of aliphatic hydroxyl groups is 2. The van der Waals surface area contributed by atoms with Gasteiger partial charge in [0.1, 0.15) is 0 Å². The Labute approximate surface area is 489 Å². The highest BCUT2D eigenvalue weighted by Gasteiger charge is 2.20. The molecule has 78 heavy (non-hydrogen) atoms. The fourth-order valence-corrected chi connectivity index (χ4v) is 11.6. The van der Waals surface area contributed by atoms with E-state index in [1.165, 1.54) is 334 Å². The molecular formula is C72H141NO5. The van der Waals surface area contributed by atoms with Crippen molar-refractivity contribution in [2.24, 2.45) is 0 Å². The van der Waals surface area contributed by atoms with E-state index in [4.69, 9.17) is 4.74 Å². The molecule has 6 heteroatoms.